The quantitative estimate of drug-likeness (QED) is 0.561. The summed E-state index contributed by atoms with van der Waals surface area (Å²) in [4.78, 5) is 0. The molecule has 0 aromatic carbocycles. The van der Waals surface area contributed by atoms with Crippen LogP contribution in [0.15, 0.2) is 12.7 Å². The molecule has 1 nitrogen and oxygen atoms in total. The van der Waals surface area contributed by atoms with Gasteiger partial charge < -0.3 is 5.11 Å². The Balaban J connectivity index is 3.28. The molecule has 1 atom stereocenters. The maximum atomic E-state index is 8.74. The molecule has 1 N–H and O–H groups in total. The smallest absolute Gasteiger partial charge is 0.0462 e. The van der Waals surface area contributed by atoms with E-state index >= 15 is 0 Å². The van der Waals surface area contributed by atoms with Gasteiger partial charge in [-0.05, 0) is 18.8 Å². The Morgan fingerprint density at radius 3 is 2.67 bits per heavy atom. The molecule has 0 amide bonds. The zero-order valence-electron chi connectivity index (χ0n) is 6.14. The van der Waals surface area contributed by atoms with Crippen LogP contribution in [0.25, 0.3) is 0 Å². The van der Waals surface area contributed by atoms with Crippen molar-refractivity contribution in [2.75, 3.05) is 6.61 Å². The Hall–Kier alpha value is -0.300. The molecule has 0 aromatic heterocycles. The monoisotopic (exact) mass is 128 g/mol. The van der Waals surface area contributed by atoms with Gasteiger partial charge in [-0.1, -0.05) is 19.4 Å². The van der Waals surface area contributed by atoms with Crippen LogP contribution in [0.1, 0.15) is 26.2 Å². The van der Waals surface area contributed by atoms with E-state index in [-0.39, 0.29) is 0 Å². The highest BCUT2D eigenvalue weighted by atomic mass is 16.3. The minimum Gasteiger partial charge on any atom is -0.396 e. The lowest BCUT2D eigenvalue weighted by molar-refractivity contribution is 0.219. The molecule has 0 radical (unpaired) electrons. The largest absolute Gasteiger partial charge is 0.396 e. The van der Waals surface area contributed by atoms with Crippen LogP contribution in [0.3, 0.4) is 0 Å². The van der Waals surface area contributed by atoms with Crippen molar-refractivity contribution >= 4 is 0 Å². The van der Waals surface area contributed by atoms with E-state index in [0.717, 1.165) is 19.3 Å². The van der Waals surface area contributed by atoms with Crippen molar-refractivity contribution in [1.29, 1.82) is 0 Å². The minimum atomic E-state index is 0.305. The molecule has 0 unspecified atom stereocenters. The third-order valence-corrected chi connectivity index (χ3v) is 1.46. The summed E-state index contributed by atoms with van der Waals surface area (Å²) >= 11 is 0. The van der Waals surface area contributed by atoms with E-state index in [4.69, 9.17) is 5.11 Å². The molecular formula is C8H16O. The van der Waals surface area contributed by atoms with Crippen LogP contribution < -0.4 is 0 Å². The topological polar surface area (TPSA) is 20.2 Å². The van der Waals surface area contributed by atoms with E-state index in [1.165, 1.54) is 0 Å². The van der Waals surface area contributed by atoms with Crippen LogP contribution in [0.5, 0.6) is 0 Å². The van der Waals surface area contributed by atoms with Gasteiger partial charge in [-0.25, -0.2) is 0 Å². The summed E-state index contributed by atoms with van der Waals surface area (Å²) in [5, 5.41) is 8.74. The van der Waals surface area contributed by atoms with Crippen molar-refractivity contribution < 1.29 is 5.11 Å². The van der Waals surface area contributed by atoms with Crippen LogP contribution in [0.4, 0.5) is 0 Å². The first-order valence-corrected chi connectivity index (χ1v) is 3.56. The van der Waals surface area contributed by atoms with Gasteiger partial charge in [-0.2, -0.15) is 0 Å². The van der Waals surface area contributed by atoms with E-state index < -0.39 is 0 Å². The Morgan fingerprint density at radius 1 is 1.67 bits per heavy atom. The summed E-state index contributed by atoms with van der Waals surface area (Å²) in [6.07, 6.45) is 5.09. The molecule has 0 aliphatic carbocycles. The first-order valence-electron chi connectivity index (χ1n) is 3.56. The van der Waals surface area contributed by atoms with Gasteiger partial charge in [0.25, 0.3) is 0 Å². The summed E-state index contributed by atoms with van der Waals surface area (Å²) in [6, 6.07) is 0. The zero-order chi connectivity index (χ0) is 7.11. The average molecular weight is 128 g/mol. The van der Waals surface area contributed by atoms with Crippen LogP contribution in [0, 0.1) is 5.92 Å². The average Bonchev–Trinajstić information content (AvgIpc) is 1.88. The Bertz CT molecular complexity index is 69.0. The van der Waals surface area contributed by atoms with Crippen molar-refractivity contribution in [1.82, 2.24) is 0 Å². The van der Waals surface area contributed by atoms with Crippen LogP contribution in [0.2, 0.25) is 0 Å². The van der Waals surface area contributed by atoms with Gasteiger partial charge in [-0.3, -0.25) is 0 Å². The molecule has 0 spiro atoms. The fourth-order valence-corrected chi connectivity index (χ4v) is 0.928. The molecule has 0 rings (SSSR count). The fraction of sp³-hybridized carbons (Fsp3) is 0.750. The second-order valence-electron chi connectivity index (χ2n) is 2.36. The van der Waals surface area contributed by atoms with Gasteiger partial charge in [0, 0.05) is 6.61 Å². The highest BCUT2D eigenvalue weighted by molar-refractivity contribution is 4.71. The predicted molar refractivity (Wildman–Crippen MR) is 40.3 cm³/mol. The molecule has 1 heteroatoms. The molecule has 0 heterocycles. The van der Waals surface area contributed by atoms with Gasteiger partial charge in [0.05, 0.1) is 0 Å². The summed E-state index contributed by atoms with van der Waals surface area (Å²) in [7, 11) is 0. The van der Waals surface area contributed by atoms with E-state index in [0.29, 0.717) is 12.5 Å². The second-order valence-corrected chi connectivity index (χ2v) is 2.36. The van der Waals surface area contributed by atoms with E-state index in [2.05, 4.69) is 13.5 Å². The second kappa shape index (κ2) is 5.83. The van der Waals surface area contributed by atoms with Crippen molar-refractivity contribution in [2.24, 2.45) is 5.92 Å². The number of hydrogen-bond acceptors (Lipinski definition) is 1. The maximum Gasteiger partial charge on any atom is 0.0462 e. The zero-order valence-corrected chi connectivity index (χ0v) is 6.14. The van der Waals surface area contributed by atoms with E-state index in [1.54, 1.807) is 0 Å². The standard InChI is InChI=1S/C8H16O/c1-3-5-8(7-9)6-4-2/h3,8-9H,1,4-7H2,2H3/t8-/m0/s1. The van der Waals surface area contributed by atoms with Crippen molar-refractivity contribution in [2.45, 2.75) is 26.2 Å². The number of rotatable bonds is 5. The van der Waals surface area contributed by atoms with Gasteiger partial charge in [0.1, 0.15) is 0 Å². The van der Waals surface area contributed by atoms with Gasteiger partial charge in [-0.15, -0.1) is 6.58 Å². The molecule has 0 aliphatic heterocycles. The lowest BCUT2D eigenvalue weighted by atomic mass is 10.0. The highest BCUT2D eigenvalue weighted by Gasteiger charge is 2.01. The van der Waals surface area contributed by atoms with E-state index in [1.807, 2.05) is 6.08 Å². The molecule has 0 saturated heterocycles. The number of hydrogen-bond donors (Lipinski definition) is 1. The first kappa shape index (κ1) is 8.70. The van der Waals surface area contributed by atoms with Crippen LogP contribution in [-0.4, -0.2) is 11.7 Å². The molecule has 9 heavy (non-hydrogen) atoms. The fourth-order valence-electron chi connectivity index (χ4n) is 0.928. The molecule has 0 aromatic rings. The Labute approximate surface area is 57.4 Å². The third kappa shape index (κ3) is 4.22. The predicted octanol–water partition coefficient (Wildman–Crippen LogP) is 1.97. The third-order valence-electron chi connectivity index (χ3n) is 1.46. The molecule has 0 saturated carbocycles. The molecular weight excluding hydrogens is 112 g/mol. The number of aliphatic hydroxyl groups excluding tert-OH is 1. The number of aliphatic hydroxyl groups is 1. The SMILES string of the molecule is C=CC[C@H](CO)CCC. The minimum absolute atomic E-state index is 0.305. The lowest BCUT2D eigenvalue weighted by Crippen LogP contribution is -2.03. The summed E-state index contributed by atoms with van der Waals surface area (Å²) in [5.74, 6) is 0.451. The molecule has 0 fully saturated rings. The Morgan fingerprint density at radius 2 is 2.33 bits per heavy atom. The Kier molecular flexibility index (Phi) is 5.64. The number of allylic oxidation sites excluding steroid dienone is 1. The maximum absolute atomic E-state index is 8.74. The molecule has 0 bridgehead atoms. The van der Waals surface area contributed by atoms with Crippen molar-refractivity contribution in [3.63, 3.8) is 0 Å². The van der Waals surface area contributed by atoms with Gasteiger partial charge in [0.2, 0.25) is 0 Å². The van der Waals surface area contributed by atoms with Crippen molar-refractivity contribution in [3.8, 4) is 0 Å². The molecule has 0 aliphatic rings. The van der Waals surface area contributed by atoms with E-state index in [9.17, 15) is 0 Å². The van der Waals surface area contributed by atoms with Crippen LogP contribution in [-0.2, 0) is 0 Å². The summed E-state index contributed by atoms with van der Waals surface area (Å²) < 4.78 is 0. The summed E-state index contributed by atoms with van der Waals surface area (Å²) in [5.41, 5.74) is 0. The van der Waals surface area contributed by atoms with Crippen molar-refractivity contribution in [3.05, 3.63) is 12.7 Å². The highest BCUT2D eigenvalue weighted by Crippen LogP contribution is 2.09. The van der Waals surface area contributed by atoms with Gasteiger partial charge in [0.15, 0.2) is 0 Å². The normalized spacial score (nSPS) is 13.1. The lowest BCUT2D eigenvalue weighted by Gasteiger charge is -2.08. The first-order chi connectivity index (χ1) is 4.35. The van der Waals surface area contributed by atoms with Gasteiger partial charge >= 0.3 is 0 Å². The molecule has 54 valence electrons. The summed E-state index contributed by atoms with van der Waals surface area (Å²) in [6.45, 7) is 6.06. The van der Waals surface area contributed by atoms with Crippen LogP contribution >= 0.6 is 0 Å².